The van der Waals surface area contributed by atoms with Gasteiger partial charge in [-0.2, -0.15) is 0 Å². The van der Waals surface area contributed by atoms with Crippen LogP contribution in [0.1, 0.15) is 25.3 Å². The topological polar surface area (TPSA) is 48.9 Å². The number of ether oxygens (including phenoxy) is 1. The summed E-state index contributed by atoms with van der Waals surface area (Å²) in [5.74, 6) is 0.656. The molecule has 1 unspecified atom stereocenters. The Kier molecular flexibility index (Phi) is 8.69. The average Bonchev–Trinajstić information content (AvgIpc) is 3.07. The first kappa shape index (κ1) is 19.7. The van der Waals surface area contributed by atoms with Crippen LogP contribution in [0.25, 0.3) is 0 Å². The highest BCUT2D eigenvalue weighted by Crippen LogP contribution is 2.16. The molecule has 1 fully saturated rings. The van der Waals surface area contributed by atoms with Crippen LogP contribution in [0, 0.1) is 5.82 Å². The quantitative estimate of drug-likeness (QED) is 0.529. The first-order chi connectivity index (χ1) is 12.2. The Morgan fingerprint density at radius 2 is 2.20 bits per heavy atom. The molecule has 2 N–H and O–H groups in total. The van der Waals surface area contributed by atoms with E-state index in [0.717, 1.165) is 44.3 Å². The Labute approximate surface area is 150 Å². The van der Waals surface area contributed by atoms with E-state index in [1.165, 1.54) is 18.9 Å². The average molecular weight is 350 g/mol. The molecule has 1 heterocycles. The molecule has 1 aliphatic heterocycles. The molecule has 5 nitrogen and oxygen atoms in total. The summed E-state index contributed by atoms with van der Waals surface area (Å²) in [4.78, 5) is 7.18. The molecule has 0 spiro atoms. The standard InChI is InChI=1S/C19H31FN4O/c1-3-21-19(22-11-10-16-7-4-5-9-18(16)20)23-15-17-8-6-12-24(17)13-14-25-2/h4-5,7,9,17H,3,6,8,10-15H2,1-2H3,(H2,21,22,23). The smallest absolute Gasteiger partial charge is 0.191 e. The van der Waals surface area contributed by atoms with Crippen LogP contribution in [-0.4, -0.2) is 63.3 Å². The van der Waals surface area contributed by atoms with Gasteiger partial charge in [0.1, 0.15) is 5.82 Å². The summed E-state index contributed by atoms with van der Waals surface area (Å²) in [6.45, 7) is 7.15. The van der Waals surface area contributed by atoms with E-state index in [2.05, 4.69) is 22.5 Å². The van der Waals surface area contributed by atoms with E-state index < -0.39 is 0 Å². The number of guanidine groups is 1. The fourth-order valence-electron chi connectivity index (χ4n) is 3.16. The lowest BCUT2D eigenvalue weighted by Crippen LogP contribution is -2.40. The second-order valence-corrected chi connectivity index (χ2v) is 6.31. The van der Waals surface area contributed by atoms with Gasteiger partial charge in [0.05, 0.1) is 13.2 Å². The van der Waals surface area contributed by atoms with Crippen molar-refractivity contribution in [1.29, 1.82) is 0 Å². The number of nitrogens with one attached hydrogen (secondary N) is 2. The van der Waals surface area contributed by atoms with Crippen molar-refractivity contribution in [3.05, 3.63) is 35.6 Å². The maximum Gasteiger partial charge on any atom is 0.191 e. The number of hydrogen-bond donors (Lipinski definition) is 2. The number of aliphatic imine (C=N–C) groups is 1. The zero-order chi connectivity index (χ0) is 17.9. The van der Waals surface area contributed by atoms with E-state index in [4.69, 9.17) is 9.73 Å². The summed E-state index contributed by atoms with van der Waals surface area (Å²) in [7, 11) is 1.74. The molecule has 0 bridgehead atoms. The minimum absolute atomic E-state index is 0.147. The van der Waals surface area contributed by atoms with Crippen molar-refractivity contribution in [3.8, 4) is 0 Å². The zero-order valence-electron chi connectivity index (χ0n) is 15.4. The third-order valence-electron chi connectivity index (χ3n) is 4.53. The summed E-state index contributed by atoms with van der Waals surface area (Å²) in [6, 6.07) is 7.40. The van der Waals surface area contributed by atoms with Gasteiger partial charge in [0, 0.05) is 32.8 Å². The van der Waals surface area contributed by atoms with Crippen molar-refractivity contribution in [1.82, 2.24) is 15.5 Å². The molecule has 1 aliphatic rings. The summed E-state index contributed by atoms with van der Waals surface area (Å²) >= 11 is 0. The van der Waals surface area contributed by atoms with Crippen molar-refractivity contribution in [2.45, 2.75) is 32.2 Å². The molecule has 6 heteroatoms. The summed E-state index contributed by atoms with van der Waals surface area (Å²) < 4.78 is 18.9. The summed E-state index contributed by atoms with van der Waals surface area (Å²) in [6.07, 6.45) is 3.05. The number of nitrogens with zero attached hydrogens (tertiary/aromatic N) is 2. The molecular weight excluding hydrogens is 319 g/mol. The van der Waals surface area contributed by atoms with E-state index in [1.54, 1.807) is 13.2 Å². The van der Waals surface area contributed by atoms with Crippen molar-refractivity contribution >= 4 is 5.96 Å². The van der Waals surface area contributed by atoms with Crippen LogP contribution in [0.4, 0.5) is 4.39 Å². The minimum Gasteiger partial charge on any atom is -0.383 e. The predicted molar refractivity (Wildman–Crippen MR) is 101 cm³/mol. The number of methoxy groups -OCH3 is 1. The van der Waals surface area contributed by atoms with E-state index in [0.29, 0.717) is 19.0 Å². The van der Waals surface area contributed by atoms with Gasteiger partial charge in [-0.15, -0.1) is 0 Å². The molecule has 1 atom stereocenters. The lowest BCUT2D eigenvalue weighted by atomic mass is 10.1. The number of hydrogen-bond acceptors (Lipinski definition) is 3. The van der Waals surface area contributed by atoms with Crippen LogP contribution < -0.4 is 10.6 Å². The Balaban J connectivity index is 1.82. The molecule has 0 aliphatic carbocycles. The van der Waals surface area contributed by atoms with Gasteiger partial charge in [0.2, 0.25) is 0 Å². The second kappa shape index (κ2) is 11.1. The van der Waals surface area contributed by atoms with Gasteiger partial charge in [-0.3, -0.25) is 9.89 Å². The Hall–Kier alpha value is -1.66. The highest BCUT2D eigenvalue weighted by molar-refractivity contribution is 5.79. The maximum absolute atomic E-state index is 13.7. The molecule has 1 aromatic carbocycles. The van der Waals surface area contributed by atoms with E-state index in [1.807, 2.05) is 12.1 Å². The molecule has 25 heavy (non-hydrogen) atoms. The van der Waals surface area contributed by atoms with Crippen molar-refractivity contribution in [2.24, 2.45) is 4.99 Å². The summed E-state index contributed by atoms with van der Waals surface area (Å²) in [5.41, 5.74) is 0.729. The van der Waals surface area contributed by atoms with Crippen LogP contribution in [0.2, 0.25) is 0 Å². The van der Waals surface area contributed by atoms with Gasteiger partial charge in [0.25, 0.3) is 0 Å². The molecule has 140 valence electrons. The van der Waals surface area contributed by atoms with Gasteiger partial charge in [0.15, 0.2) is 5.96 Å². The highest BCUT2D eigenvalue weighted by atomic mass is 19.1. The second-order valence-electron chi connectivity index (χ2n) is 6.31. The number of halogens is 1. The predicted octanol–water partition coefficient (Wildman–Crippen LogP) is 2.03. The van der Waals surface area contributed by atoms with Crippen LogP contribution in [0.5, 0.6) is 0 Å². The van der Waals surface area contributed by atoms with E-state index >= 15 is 0 Å². The largest absolute Gasteiger partial charge is 0.383 e. The Morgan fingerprint density at radius 3 is 2.96 bits per heavy atom. The van der Waals surface area contributed by atoms with Crippen molar-refractivity contribution in [3.63, 3.8) is 0 Å². The lowest BCUT2D eigenvalue weighted by Gasteiger charge is -2.23. The molecule has 2 rings (SSSR count). The number of likely N-dealkylation sites (tertiary alicyclic amines) is 1. The fourth-order valence-corrected chi connectivity index (χ4v) is 3.16. The van der Waals surface area contributed by atoms with Gasteiger partial charge in [-0.05, 0) is 44.4 Å². The van der Waals surface area contributed by atoms with Crippen LogP contribution >= 0.6 is 0 Å². The van der Waals surface area contributed by atoms with Crippen LogP contribution in [0.15, 0.2) is 29.3 Å². The van der Waals surface area contributed by atoms with Crippen LogP contribution in [-0.2, 0) is 11.2 Å². The number of rotatable bonds is 9. The monoisotopic (exact) mass is 350 g/mol. The van der Waals surface area contributed by atoms with E-state index in [-0.39, 0.29) is 5.82 Å². The van der Waals surface area contributed by atoms with Crippen molar-refractivity contribution < 1.29 is 9.13 Å². The lowest BCUT2D eigenvalue weighted by molar-refractivity contribution is 0.142. The third kappa shape index (κ3) is 6.63. The molecule has 0 amide bonds. The first-order valence-corrected chi connectivity index (χ1v) is 9.23. The van der Waals surface area contributed by atoms with E-state index in [9.17, 15) is 4.39 Å². The molecular formula is C19H31FN4O. The highest BCUT2D eigenvalue weighted by Gasteiger charge is 2.23. The van der Waals surface area contributed by atoms with Gasteiger partial charge in [-0.1, -0.05) is 18.2 Å². The number of benzene rings is 1. The van der Waals surface area contributed by atoms with Crippen molar-refractivity contribution in [2.75, 3.05) is 46.4 Å². The van der Waals surface area contributed by atoms with Crippen LogP contribution in [0.3, 0.4) is 0 Å². The third-order valence-corrected chi connectivity index (χ3v) is 4.53. The maximum atomic E-state index is 13.7. The molecule has 0 radical (unpaired) electrons. The molecule has 1 saturated heterocycles. The van der Waals surface area contributed by atoms with Gasteiger partial charge < -0.3 is 15.4 Å². The summed E-state index contributed by atoms with van der Waals surface area (Å²) in [5, 5.41) is 6.57. The Bertz CT molecular complexity index is 538. The minimum atomic E-state index is -0.147. The molecule has 1 aromatic rings. The SMILES string of the molecule is CCNC(=NCC1CCCN1CCOC)NCCc1ccccc1F. The van der Waals surface area contributed by atoms with Gasteiger partial charge >= 0.3 is 0 Å². The fraction of sp³-hybridized carbons (Fsp3) is 0.632. The van der Waals surface area contributed by atoms with Gasteiger partial charge in [-0.25, -0.2) is 4.39 Å². The molecule has 0 saturated carbocycles. The molecule has 0 aromatic heterocycles. The normalized spacial score (nSPS) is 18.5. The zero-order valence-corrected chi connectivity index (χ0v) is 15.4. The Morgan fingerprint density at radius 1 is 1.36 bits per heavy atom. The first-order valence-electron chi connectivity index (χ1n) is 9.23.